The molecule has 2 aromatic rings. The van der Waals surface area contributed by atoms with Crippen molar-refractivity contribution < 1.29 is 14.5 Å². The highest BCUT2D eigenvalue weighted by Crippen LogP contribution is 2.29. The van der Waals surface area contributed by atoms with Gasteiger partial charge >= 0.3 is 5.70 Å². The first-order valence-corrected chi connectivity index (χ1v) is 10.2. The van der Waals surface area contributed by atoms with E-state index < -0.39 is 16.3 Å². The minimum atomic E-state index is -0.827. The highest BCUT2D eigenvalue weighted by molar-refractivity contribution is 7.99. The summed E-state index contributed by atoms with van der Waals surface area (Å²) >= 11 is 1.27. The van der Waals surface area contributed by atoms with Gasteiger partial charge in [0.05, 0.1) is 22.1 Å². The van der Waals surface area contributed by atoms with Gasteiger partial charge in [-0.3, -0.25) is 14.9 Å². The van der Waals surface area contributed by atoms with Crippen LogP contribution in [0.15, 0.2) is 65.1 Å². The third-order valence-electron chi connectivity index (χ3n) is 4.41. The Labute approximate surface area is 181 Å². The van der Waals surface area contributed by atoms with Crippen molar-refractivity contribution in [2.75, 3.05) is 6.26 Å². The van der Waals surface area contributed by atoms with Gasteiger partial charge in [0.2, 0.25) is 5.91 Å². The molecular weight excluding hydrogens is 420 g/mol. The highest BCUT2D eigenvalue weighted by Gasteiger charge is 2.38. The number of carbonyl (C=O) groups is 1. The summed E-state index contributed by atoms with van der Waals surface area (Å²) in [6.45, 7) is 0. The Morgan fingerprint density at radius 3 is 2.65 bits per heavy atom. The minimum Gasteiger partial charge on any atom is -0.434 e. The van der Waals surface area contributed by atoms with Gasteiger partial charge in [-0.15, -0.1) is 11.8 Å². The molecule has 1 amide bonds. The van der Waals surface area contributed by atoms with Gasteiger partial charge in [-0.2, -0.15) is 5.26 Å². The molecule has 0 fully saturated rings. The first kappa shape index (κ1) is 21.8. The zero-order valence-corrected chi connectivity index (χ0v) is 17.2. The van der Waals surface area contributed by atoms with Crippen molar-refractivity contribution in [1.82, 2.24) is 5.01 Å². The van der Waals surface area contributed by atoms with Crippen LogP contribution < -0.4 is 16.3 Å². The SMILES string of the molecule is CSC1N=C(Cc2ccccc2)C([N+](=O)[O-])=C(Oc2ccc(C#N)c(C(N)=O)c2)N1N. The predicted molar refractivity (Wildman–Crippen MR) is 115 cm³/mol. The molecule has 1 aliphatic heterocycles. The van der Waals surface area contributed by atoms with Gasteiger partial charge in [-0.25, -0.2) is 15.8 Å². The fourth-order valence-corrected chi connectivity index (χ4v) is 3.53. The van der Waals surface area contributed by atoms with E-state index in [0.717, 1.165) is 10.6 Å². The second kappa shape index (κ2) is 9.29. The number of allylic oxidation sites excluding steroid dienone is 1. The van der Waals surface area contributed by atoms with Gasteiger partial charge in [-0.05, 0) is 30.0 Å². The van der Waals surface area contributed by atoms with Gasteiger partial charge < -0.3 is 10.5 Å². The van der Waals surface area contributed by atoms with E-state index in [9.17, 15) is 14.9 Å². The van der Waals surface area contributed by atoms with Crippen LogP contribution >= 0.6 is 11.8 Å². The molecule has 1 aliphatic rings. The van der Waals surface area contributed by atoms with E-state index in [2.05, 4.69) is 4.99 Å². The number of ether oxygens (including phenoxy) is 1. The molecule has 11 heteroatoms. The van der Waals surface area contributed by atoms with Crippen LogP contribution in [0.5, 0.6) is 5.75 Å². The van der Waals surface area contributed by atoms with Crippen LogP contribution in [0, 0.1) is 21.4 Å². The summed E-state index contributed by atoms with van der Waals surface area (Å²) in [5.41, 5.74) is 5.31. The number of nitrogens with two attached hydrogens (primary N) is 2. The van der Waals surface area contributed by atoms with Crippen LogP contribution in [0.25, 0.3) is 0 Å². The quantitative estimate of drug-likeness (QED) is 0.377. The lowest BCUT2D eigenvalue weighted by molar-refractivity contribution is -0.419. The highest BCUT2D eigenvalue weighted by atomic mass is 32.2. The van der Waals surface area contributed by atoms with Crippen molar-refractivity contribution in [2.24, 2.45) is 16.6 Å². The van der Waals surface area contributed by atoms with Gasteiger partial charge in [0.25, 0.3) is 5.88 Å². The number of nitrogens with zero attached hydrogens (tertiary/aromatic N) is 4. The number of thioether (sulfide) groups is 1. The van der Waals surface area contributed by atoms with Gasteiger partial charge in [0, 0.05) is 6.42 Å². The molecule has 4 N–H and O–H groups in total. The van der Waals surface area contributed by atoms with Crippen molar-refractivity contribution in [3.8, 4) is 11.8 Å². The van der Waals surface area contributed by atoms with Crippen LogP contribution in [-0.4, -0.2) is 33.3 Å². The Morgan fingerprint density at radius 1 is 1.35 bits per heavy atom. The lowest BCUT2D eigenvalue weighted by Gasteiger charge is -2.30. The molecule has 0 bridgehead atoms. The second-order valence-electron chi connectivity index (χ2n) is 6.40. The Hall–Kier alpha value is -3.88. The summed E-state index contributed by atoms with van der Waals surface area (Å²) in [4.78, 5) is 27.4. The molecule has 0 saturated carbocycles. The summed E-state index contributed by atoms with van der Waals surface area (Å²) in [6.07, 6.45) is 1.96. The zero-order valence-electron chi connectivity index (χ0n) is 16.4. The fraction of sp³-hybridized carbons (Fsp3) is 0.150. The maximum atomic E-state index is 12.0. The molecule has 1 atom stereocenters. The lowest BCUT2D eigenvalue weighted by Crippen LogP contribution is -2.45. The van der Waals surface area contributed by atoms with Crippen LogP contribution in [-0.2, 0) is 6.42 Å². The molecule has 158 valence electrons. The Kier molecular flexibility index (Phi) is 6.54. The standard InChI is InChI=1S/C20H18N6O4S/c1-31-20-24-16(9-12-5-3-2-4-6-12)17(26(28)29)19(25(20)23)30-14-8-7-13(11-21)15(10-14)18(22)27/h2-8,10,20H,9,23H2,1H3,(H2,22,27). The zero-order chi connectivity index (χ0) is 22.5. The minimum absolute atomic E-state index is 0.0601. The number of primary amides is 1. The first-order chi connectivity index (χ1) is 14.8. The van der Waals surface area contributed by atoms with Crippen molar-refractivity contribution in [1.29, 1.82) is 5.26 Å². The number of rotatable bonds is 7. The van der Waals surface area contributed by atoms with E-state index >= 15 is 0 Å². The van der Waals surface area contributed by atoms with Crippen molar-refractivity contribution >= 4 is 23.4 Å². The topological polar surface area (TPSA) is 161 Å². The molecule has 0 saturated heterocycles. The van der Waals surface area contributed by atoms with Crippen LogP contribution in [0.3, 0.4) is 0 Å². The summed E-state index contributed by atoms with van der Waals surface area (Å²) < 4.78 is 5.76. The molecule has 0 aliphatic carbocycles. The van der Waals surface area contributed by atoms with E-state index in [1.807, 2.05) is 36.4 Å². The van der Waals surface area contributed by atoms with Gasteiger partial charge in [0.1, 0.15) is 11.5 Å². The van der Waals surface area contributed by atoms with Crippen LogP contribution in [0.1, 0.15) is 21.5 Å². The summed E-state index contributed by atoms with van der Waals surface area (Å²) in [5.74, 6) is 5.10. The number of benzene rings is 2. The maximum Gasteiger partial charge on any atom is 0.351 e. The molecule has 10 nitrogen and oxygen atoms in total. The fourth-order valence-electron chi connectivity index (χ4n) is 2.97. The number of nitro groups is 1. The number of hydrogen-bond acceptors (Lipinski definition) is 9. The molecule has 3 rings (SSSR count). The molecule has 1 unspecified atom stereocenters. The third kappa shape index (κ3) is 4.66. The second-order valence-corrected chi connectivity index (χ2v) is 7.30. The predicted octanol–water partition coefficient (Wildman–Crippen LogP) is 2.00. The summed E-state index contributed by atoms with van der Waals surface area (Å²) in [5, 5.41) is 22.1. The van der Waals surface area contributed by atoms with E-state index in [1.54, 1.807) is 6.26 Å². The average Bonchev–Trinajstić information content (AvgIpc) is 2.76. The lowest BCUT2D eigenvalue weighted by atomic mass is 10.1. The van der Waals surface area contributed by atoms with Gasteiger partial charge in [0.15, 0.2) is 5.50 Å². The number of carbonyl (C=O) groups excluding carboxylic acids is 1. The average molecular weight is 438 g/mol. The van der Waals surface area contributed by atoms with E-state index in [1.165, 1.54) is 30.0 Å². The number of hydrogen-bond donors (Lipinski definition) is 2. The molecule has 31 heavy (non-hydrogen) atoms. The third-order valence-corrected chi connectivity index (χ3v) is 5.17. The van der Waals surface area contributed by atoms with Crippen molar-refractivity contribution in [3.63, 3.8) is 0 Å². The maximum absolute atomic E-state index is 12.0. The van der Waals surface area contributed by atoms with E-state index in [4.69, 9.17) is 21.6 Å². The number of aliphatic imine (C=N–C) groups is 1. The van der Waals surface area contributed by atoms with Crippen LogP contribution in [0.2, 0.25) is 0 Å². The first-order valence-electron chi connectivity index (χ1n) is 8.93. The molecule has 2 aromatic carbocycles. The van der Waals surface area contributed by atoms with E-state index in [0.29, 0.717) is 0 Å². The number of hydrazine groups is 1. The van der Waals surface area contributed by atoms with Crippen molar-refractivity contribution in [3.05, 3.63) is 86.9 Å². The molecule has 0 radical (unpaired) electrons. The monoisotopic (exact) mass is 438 g/mol. The Morgan fingerprint density at radius 2 is 2.06 bits per heavy atom. The van der Waals surface area contributed by atoms with Crippen molar-refractivity contribution in [2.45, 2.75) is 11.9 Å². The van der Waals surface area contributed by atoms with Gasteiger partial charge in [-0.1, -0.05) is 30.3 Å². The summed E-state index contributed by atoms with van der Waals surface area (Å²) in [6, 6.07) is 15.0. The Balaban J connectivity index is 2.08. The van der Waals surface area contributed by atoms with E-state index in [-0.39, 0.29) is 40.6 Å². The smallest absolute Gasteiger partial charge is 0.351 e. The molecular formula is C20H18N6O4S. The normalized spacial score (nSPS) is 15.8. The Bertz CT molecular complexity index is 1130. The largest absolute Gasteiger partial charge is 0.434 e. The molecule has 1 heterocycles. The molecule has 0 aromatic heterocycles. The van der Waals surface area contributed by atoms with Crippen LogP contribution in [0.4, 0.5) is 0 Å². The summed E-state index contributed by atoms with van der Waals surface area (Å²) in [7, 11) is 0. The molecule has 0 spiro atoms. The number of nitriles is 1. The number of amides is 1.